The summed E-state index contributed by atoms with van der Waals surface area (Å²) in [6.07, 6.45) is 0. The van der Waals surface area contributed by atoms with E-state index in [1.807, 2.05) is 16.8 Å². The molecule has 5 heteroatoms. The van der Waals surface area contributed by atoms with E-state index >= 15 is 0 Å². The number of benzene rings is 1. The summed E-state index contributed by atoms with van der Waals surface area (Å²) in [6.45, 7) is 0. The lowest BCUT2D eigenvalue weighted by Crippen LogP contribution is -2.10. The fraction of sp³-hybridized carbons (Fsp3) is 0.0909. The Morgan fingerprint density at radius 3 is 2.31 bits per heavy atom. The van der Waals surface area contributed by atoms with Gasteiger partial charge in [0.05, 0.1) is 16.1 Å². The summed E-state index contributed by atoms with van der Waals surface area (Å²) >= 11 is 13.3. The van der Waals surface area contributed by atoms with Crippen molar-refractivity contribution in [2.24, 2.45) is 5.73 Å². The van der Waals surface area contributed by atoms with E-state index in [1.165, 1.54) is 0 Å². The highest BCUT2D eigenvalue weighted by Gasteiger charge is 2.13. The van der Waals surface area contributed by atoms with Gasteiger partial charge < -0.3 is 10.8 Å². The van der Waals surface area contributed by atoms with Gasteiger partial charge in [-0.15, -0.1) is 0 Å². The number of nitrogens with two attached hydrogens (primary N) is 1. The van der Waals surface area contributed by atoms with E-state index in [0.29, 0.717) is 0 Å². The van der Waals surface area contributed by atoms with Gasteiger partial charge in [0.1, 0.15) is 0 Å². The molecule has 1 atom stereocenters. The van der Waals surface area contributed by atoms with Crippen LogP contribution in [0.15, 0.2) is 29.0 Å². The molecule has 0 bridgehead atoms. The smallest absolute Gasteiger partial charge is 0.152 e. The topological polar surface area (TPSA) is 46.2 Å². The first-order valence-corrected chi connectivity index (χ1v) is 6.25. The van der Waals surface area contributed by atoms with E-state index in [-0.39, 0.29) is 21.8 Å². The van der Waals surface area contributed by atoms with Crippen molar-refractivity contribution in [2.75, 3.05) is 0 Å². The van der Waals surface area contributed by atoms with Crippen molar-refractivity contribution in [1.82, 2.24) is 0 Å². The number of rotatable bonds is 2. The lowest BCUT2D eigenvalue weighted by atomic mass is 10.0. The molecule has 16 heavy (non-hydrogen) atoms. The third kappa shape index (κ3) is 2.18. The number of aromatic hydroxyl groups is 1. The van der Waals surface area contributed by atoms with Crippen LogP contribution >= 0.6 is 34.5 Å². The number of thiophene rings is 1. The van der Waals surface area contributed by atoms with Crippen molar-refractivity contribution < 1.29 is 5.11 Å². The van der Waals surface area contributed by atoms with Crippen LogP contribution in [0.3, 0.4) is 0 Å². The summed E-state index contributed by atoms with van der Waals surface area (Å²) in [7, 11) is 0. The summed E-state index contributed by atoms with van der Waals surface area (Å²) in [5, 5.41) is 13.8. The number of hydrogen-bond acceptors (Lipinski definition) is 3. The highest BCUT2D eigenvalue weighted by atomic mass is 35.5. The zero-order valence-electron chi connectivity index (χ0n) is 8.15. The molecule has 2 aromatic rings. The van der Waals surface area contributed by atoms with Gasteiger partial charge in [0.15, 0.2) is 5.75 Å². The molecule has 0 saturated carbocycles. The van der Waals surface area contributed by atoms with Gasteiger partial charge in [-0.1, -0.05) is 23.2 Å². The molecule has 3 N–H and O–H groups in total. The first kappa shape index (κ1) is 11.7. The van der Waals surface area contributed by atoms with Crippen LogP contribution in [0.4, 0.5) is 0 Å². The van der Waals surface area contributed by atoms with Gasteiger partial charge in [-0.3, -0.25) is 0 Å². The standard InChI is InChI=1S/C11H9Cl2NOS/c12-8-3-7(4-9(13)11(8)15)10(14)6-1-2-16-5-6/h1-5,10,15H,14H2/t10-/m1/s1. The third-order valence-electron chi connectivity index (χ3n) is 2.30. The van der Waals surface area contributed by atoms with Gasteiger partial charge in [0, 0.05) is 0 Å². The molecule has 0 radical (unpaired) electrons. The van der Waals surface area contributed by atoms with Crippen LogP contribution in [0.2, 0.25) is 10.0 Å². The maximum absolute atomic E-state index is 9.44. The van der Waals surface area contributed by atoms with Gasteiger partial charge in [-0.05, 0) is 40.1 Å². The second-order valence-electron chi connectivity index (χ2n) is 3.37. The number of phenolic OH excluding ortho intramolecular Hbond substituents is 1. The molecule has 0 saturated heterocycles. The lowest BCUT2D eigenvalue weighted by molar-refractivity contribution is 0.475. The largest absolute Gasteiger partial charge is 0.505 e. The molecule has 0 unspecified atom stereocenters. The molecule has 1 aromatic heterocycles. The van der Waals surface area contributed by atoms with Crippen LogP contribution in [-0.2, 0) is 0 Å². The van der Waals surface area contributed by atoms with Crippen molar-refractivity contribution >= 4 is 34.5 Å². The Kier molecular flexibility index (Phi) is 3.40. The fourth-order valence-electron chi connectivity index (χ4n) is 1.41. The molecule has 84 valence electrons. The molecule has 0 amide bonds. The van der Waals surface area contributed by atoms with E-state index in [0.717, 1.165) is 11.1 Å². The minimum Gasteiger partial charge on any atom is -0.505 e. The second kappa shape index (κ2) is 4.63. The summed E-state index contributed by atoms with van der Waals surface area (Å²) in [6, 6.07) is 4.93. The van der Waals surface area contributed by atoms with Crippen molar-refractivity contribution in [1.29, 1.82) is 0 Å². The van der Waals surface area contributed by atoms with Crippen molar-refractivity contribution in [3.63, 3.8) is 0 Å². The normalized spacial score (nSPS) is 12.7. The summed E-state index contributed by atoms with van der Waals surface area (Å²) in [5.41, 5.74) is 7.84. The fourth-order valence-corrected chi connectivity index (χ4v) is 2.61. The maximum atomic E-state index is 9.44. The lowest BCUT2D eigenvalue weighted by Gasteiger charge is -2.12. The minimum absolute atomic E-state index is 0.107. The van der Waals surface area contributed by atoms with E-state index in [1.54, 1.807) is 23.5 Å². The van der Waals surface area contributed by atoms with Crippen molar-refractivity contribution in [3.8, 4) is 5.75 Å². The molecular weight excluding hydrogens is 265 g/mol. The quantitative estimate of drug-likeness (QED) is 0.874. The van der Waals surface area contributed by atoms with Crippen LogP contribution < -0.4 is 5.73 Å². The highest BCUT2D eigenvalue weighted by molar-refractivity contribution is 7.08. The first-order chi connectivity index (χ1) is 7.59. The minimum atomic E-state index is -0.276. The molecule has 0 aliphatic carbocycles. The molecule has 2 rings (SSSR count). The van der Waals surface area contributed by atoms with Crippen LogP contribution in [0.5, 0.6) is 5.75 Å². The number of hydrogen-bond donors (Lipinski definition) is 2. The SMILES string of the molecule is N[C@H](c1ccsc1)c1cc(Cl)c(O)c(Cl)c1. The summed E-state index contributed by atoms with van der Waals surface area (Å²) < 4.78 is 0. The molecule has 0 fully saturated rings. The zero-order valence-corrected chi connectivity index (χ0v) is 10.5. The predicted octanol–water partition coefficient (Wildman–Crippen LogP) is 3.81. The zero-order chi connectivity index (χ0) is 11.7. The Labute approximate surface area is 107 Å². The van der Waals surface area contributed by atoms with E-state index in [4.69, 9.17) is 28.9 Å². The van der Waals surface area contributed by atoms with Crippen molar-refractivity contribution in [3.05, 3.63) is 50.1 Å². The van der Waals surface area contributed by atoms with Crippen LogP contribution in [0.1, 0.15) is 17.2 Å². The van der Waals surface area contributed by atoms with Gasteiger partial charge in [-0.2, -0.15) is 11.3 Å². The number of halogens is 2. The monoisotopic (exact) mass is 273 g/mol. The van der Waals surface area contributed by atoms with Crippen LogP contribution in [0, 0.1) is 0 Å². The Morgan fingerprint density at radius 1 is 1.19 bits per heavy atom. The van der Waals surface area contributed by atoms with E-state index < -0.39 is 0 Å². The molecule has 1 aromatic carbocycles. The Morgan fingerprint density at radius 2 is 1.81 bits per heavy atom. The maximum Gasteiger partial charge on any atom is 0.152 e. The molecular formula is C11H9Cl2NOS. The van der Waals surface area contributed by atoms with Crippen molar-refractivity contribution in [2.45, 2.75) is 6.04 Å². The summed E-state index contributed by atoms with van der Waals surface area (Å²) in [4.78, 5) is 0. The highest BCUT2D eigenvalue weighted by Crippen LogP contribution is 2.35. The Hall–Kier alpha value is -0.740. The van der Waals surface area contributed by atoms with Gasteiger partial charge in [0.25, 0.3) is 0 Å². The third-order valence-corrected chi connectivity index (χ3v) is 3.58. The Balaban J connectivity index is 2.42. The average molecular weight is 274 g/mol. The molecule has 0 spiro atoms. The number of phenols is 1. The molecule has 1 heterocycles. The average Bonchev–Trinajstić information content (AvgIpc) is 2.77. The molecule has 0 aliphatic rings. The molecule has 2 nitrogen and oxygen atoms in total. The van der Waals surface area contributed by atoms with Crippen LogP contribution in [0.25, 0.3) is 0 Å². The summed E-state index contributed by atoms with van der Waals surface area (Å²) in [5.74, 6) is -0.107. The van der Waals surface area contributed by atoms with E-state index in [2.05, 4.69) is 0 Å². The van der Waals surface area contributed by atoms with Crippen LogP contribution in [-0.4, -0.2) is 5.11 Å². The predicted molar refractivity (Wildman–Crippen MR) is 68.5 cm³/mol. The van der Waals surface area contributed by atoms with Gasteiger partial charge in [-0.25, -0.2) is 0 Å². The van der Waals surface area contributed by atoms with E-state index in [9.17, 15) is 5.11 Å². The molecule has 0 aliphatic heterocycles. The second-order valence-corrected chi connectivity index (χ2v) is 4.96. The van der Waals surface area contributed by atoms with Gasteiger partial charge in [0.2, 0.25) is 0 Å². The van der Waals surface area contributed by atoms with Gasteiger partial charge >= 0.3 is 0 Å². The first-order valence-electron chi connectivity index (χ1n) is 4.55. The Bertz CT molecular complexity index is 476.